The Hall–Kier alpha value is -0.850. The molecular weight excluding hydrogens is 307 g/mol. The number of nitrogens with two attached hydrogens (primary N) is 1. The van der Waals surface area contributed by atoms with Gasteiger partial charge >= 0.3 is 0 Å². The molecular formula is C12H14Cl2N2O2S. The van der Waals surface area contributed by atoms with Crippen molar-refractivity contribution in [1.29, 1.82) is 0 Å². The summed E-state index contributed by atoms with van der Waals surface area (Å²) >= 11 is 6.04. The molecule has 0 aliphatic rings. The smallest absolute Gasteiger partial charge is 0.242 e. The van der Waals surface area contributed by atoms with Gasteiger partial charge in [-0.3, -0.25) is 0 Å². The summed E-state index contributed by atoms with van der Waals surface area (Å²) in [7, 11) is -3.64. The Balaban J connectivity index is 0.00000180. The number of nitrogens with one attached hydrogen (secondary N) is 1. The molecule has 4 nitrogen and oxygen atoms in total. The molecule has 0 saturated heterocycles. The first kappa shape index (κ1) is 16.2. The molecule has 0 aromatic heterocycles. The zero-order chi connectivity index (χ0) is 13.3. The topological polar surface area (TPSA) is 72.2 Å². The molecule has 19 heavy (non-hydrogen) atoms. The summed E-state index contributed by atoms with van der Waals surface area (Å²) in [6.07, 6.45) is -0.649. The van der Waals surface area contributed by atoms with E-state index in [1.165, 1.54) is 6.07 Å². The Kier molecular flexibility index (Phi) is 5.18. The van der Waals surface area contributed by atoms with Gasteiger partial charge in [0.15, 0.2) is 0 Å². The number of hydrogen-bond donors (Lipinski definition) is 2. The highest BCUT2D eigenvalue weighted by Crippen LogP contribution is 2.28. The van der Waals surface area contributed by atoms with E-state index in [1.807, 2.05) is 0 Å². The quantitative estimate of drug-likeness (QED) is 0.853. The van der Waals surface area contributed by atoms with Gasteiger partial charge in [-0.1, -0.05) is 35.9 Å². The van der Waals surface area contributed by atoms with Gasteiger partial charge in [-0.15, -0.1) is 12.4 Å². The molecule has 0 heterocycles. The van der Waals surface area contributed by atoms with Gasteiger partial charge in [-0.05, 0) is 19.1 Å². The molecule has 0 bridgehead atoms. The number of fused-ring (bicyclic) bond motifs is 1. The molecule has 2 aromatic carbocycles. The summed E-state index contributed by atoms with van der Waals surface area (Å²) in [5, 5.41) is 1.80. The second-order valence-corrected chi connectivity index (χ2v) is 6.09. The van der Waals surface area contributed by atoms with Crippen LogP contribution in [-0.2, 0) is 10.0 Å². The van der Waals surface area contributed by atoms with Gasteiger partial charge in [0, 0.05) is 15.8 Å². The van der Waals surface area contributed by atoms with Crippen LogP contribution >= 0.6 is 24.0 Å². The molecule has 0 aliphatic heterocycles. The summed E-state index contributed by atoms with van der Waals surface area (Å²) in [4.78, 5) is 0.180. The van der Waals surface area contributed by atoms with Crippen LogP contribution in [0.15, 0.2) is 41.3 Å². The molecule has 2 rings (SSSR count). The van der Waals surface area contributed by atoms with Crippen molar-refractivity contribution in [2.24, 2.45) is 5.73 Å². The fraction of sp³-hybridized carbons (Fsp3) is 0.167. The second-order valence-electron chi connectivity index (χ2n) is 4.00. The van der Waals surface area contributed by atoms with E-state index in [-0.39, 0.29) is 17.3 Å². The normalized spacial score (nSPS) is 13.0. The molecule has 104 valence electrons. The van der Waals surface area contributed by atoms with Crippen molar-refractivity contribution in [1.82, 2.24) is 4.72 Å². The number of benzene rings is 2. The minimum atomic E-state index is -3.64. The van der Waals surface area contributed by atoms with Gasteiger partial charge in [0.25, 0.3) is 0 Å². The van der Waals surface area contributed by atoms with E-state index in [1.54, 1.807) is 37.3 Å². The third kappa shape index (κ3) is 3.38. The van der Waals surface area contributed by atoms with Gasteiger partial charge in [-0.2, -0.15) is 4.72 Å². The van der Waals surface area contributed by atoms with E-state index >= 15 is 0 Å². The molecule has 1 atom stereocenters. The number of halogens is 2. The first-order chi connectivity index (χ1) is 8.42. The van der Waals surface area contributed by atoms with Crippen LogP contribution in [0, 0.1) is 0 Å². The Morgan fingerprint density at radius 3 is 2.37 bits per heavy atom. The van der Waals surface area contributed by atoms with Crippen LogP contribution in [-0.4, -0.2) is 14.6 Å². The highest BCUT2D eigenvalue weighted by atomic mass is 35.5. The van der Waals surface area contributed by atoms with Gasteiger partial charge in [-0.25, -0.2) is 8.42 Å². The maximum atomic E-state index is 12.1. The summed E-state index contributed by atoms with van der Waals surface area (Å²) in [6.45, 7) is 1.57. The molecule has 0 aliphatic carbocycles. The lowest BCUT2D eigenvalue weighted by atomic mass is 10.1. The van der Waals surface area contributed by atoms with Gasteiger partial charge in [0.2, 0.25) is 10.0 Å². The predicted molar refractivity (Wildman–Crippen MR) is 80.2 cm³/mol. The average molecular weight is 321 g/mol. The Morgan fingerprint density at radius 1 is 1.16 bits per heavy atom. The van der Waals surface area contributed by atoms with Gasteiger partial charge in [0.1, 0.15) is 0 Å². The standard InChI is InChI=1S/C12H13ClN2O2S.ClH/c1-8(14)15-18(16,17)12-7-3-4-9-10(12)5-2-6-11(9)13;/h2-8,15H,14H2,1H3;1H. The van der Waals surface area contributed by atoms with Crippen LogP contribution in [0.25, 0.3) is 10.8 Å². The zero-order valence-corrected chi connectivity index (χ0v) is 12.5. The van der Waals surface area contributed by atoms with Crippen molar-refractivity contribution < 1.29 is 8.42 Å². The van der Waals surface area contributed by atoms with E-state index in [0.717, 1.165) is 0 Å². The summed E-state index contributed by atoms with van der Waals surface area (Å²) in [5.41, 5.74) is 5.47. The lowest BCUT2D eigenvalue weighted by Crippen LogP contribution is -2.38. The van der Waals surface area contributed by atoms with Crippen molar-refractivity contribution >= 4 is 44.8 Å². The molecule has 1 unspecified atom stereocenters. The zero-order valence-electron chi connectivity index (χ0n) is 10.1. The van der Waals surface area contributed by atoms with Gasteiger partial charge in [0.05, 0.1) is 11.1 Å². The van der Waals surface area contributed by atoms with Crippen molar-refractivity contribution in [3.63, 3.8) is 0 Å². The lowest BCUT2D eigenvalue weighted by molar-refractivity contribution is 0.566. The van der Waals surface area contributed by atoms with E-state index in [2.05, 4.69) is 4.72 Å². The van der Waals surface area contributed by atoms with Crippen molar-refractivity contribution in [3.05, 3.63) is 41.4 Å². The first-order valence-corrected chi connectivity index (χ1v) is 7.23. The Morgan fingerprint density at radius 2 is 1.74 bits per heavy atom. The summed E-state index contributed by atoms with van der Waals surface area (Å²) in [5.74, 6) is 0. The maximum Gasteiger partial charge on any atom is 0.242 e. The monoisotopic (exact) mass is 320 g/mol. The third-order valence-corrected chi connectivity index (χ3v) is 4.41. The fourth-order valence-electron chi connectivity index (χ4n) is 1.79. The van der Waals surface area contributed by atoms with E-state index in [0.29, 0.717) is 15.8 Å². The van der Waals surface area contributed by atoms with Crippen LogP contribution in [0.3, 0.4) is 0 Å². The molecule has 7 heteroatoms. The number of sulfonamides is 1. The third-order valence-electron chi connectivity index (χ3n) is 2.46. The Bertz CT molecular complexity index is 687. The molecule has 0 fully saturated rings. The van der Waals surface area contributed by atoms with Crippen LogP contribution in [0.1, 0.15) is 6.92 Å². The minimum Gasteiger partial charge on any atom is -0.315 e. The van der Waals surface area contributed by atoms with E-state index in [4.69, 9.17) is 17.3 Å². The van der Waals surface area contributed by atoms with Crippen molar-refractivity contribution in [2.45, 2.75) is 18.0 Å². The first-order valence-electron chi connectivity index (χ1n) is 5.37. The van der Waals surface area contributed by atoms with Crippen LogP contribution in [0.5, 0.6) is 0 Å². The van der Waals surface area contributed by atoms with E-state index < -0.39 is 16.2 Å². The average Bonchev–Trinajstić information content (AvgIpc) is 2.27. The molecule has 0 radical (unpaired) electrons. The molecule has 2 aromatic rings. The number of rotatable bonds is 3. The molecule has 0 spiro atoms. The predicted octanol–water partition coefficient (Wildman–Crippen LogP) is 2.50. The maximum absolute atomic E-state index is 12.1. The van der Waals surface area contributed by atoms with Crippen molar-refractivity contribution in [2.75, 3.05) is 0 Å². The number of hydrogen-bond acceptors (Lipinski definition) is 3. The minimum absolute atomic E-state index is 0. The highest BCUT2D eigenvalue weighted by Gasteiger charge is 2.18. The fourth-order valence-corrected chi connectivity index (χ4v) is 3.36. The second kappa shape index (κ2) is 6.07. The van der Waals surface area contributed by atoms with Crippen LogP contribution in [0.4, 0.5) is 0 Å². The SMILES string of the molecule is CC(N)NS(=O)(=O)c1cccc2c(Cl)cccc12.Cl. The summed E-state index contributed by atoms with van der Waals surface area (Å²) < 4.78 is 26.6. The van der Waals surface area contributed by atoms with Crippen LogP contribution < -0.4 is 10.5 Å². The van der Waals surface area contributed by atoms with Crippen LogP contribution in [0.2, 0.25) is 5.02 Å². The highest BCUT2D eigenvalue weighted by molar-refractivity contribution is 7.89. The van der Waals surface area contributed by atoms with Gasteiger partial charge < -0.3 is 5.73 Å². The van der Waals surface area contributed by atoms with E-state index in [9.17, 15) is 8.42 Å². The largest absolute Gasteiger partial charge is 0.315 e. The summed E-state index contributed by atoms with van der Waals surface area (Å²) in [6, 6.07) is 10.1. The molecule has 3 N–H and O–H groups in total. The van der Waals surface area contributed by atoms with Crippen molar-refractivity contribution in [3.8, 4) is 0 Å². The molecule has 0 amide bonds. The molecule has 0 saturated carbocycles. The lowest BCUT2D eigenvalue weighted by Gasteiger charge is -2.12. The Labute approximate surface area is 123 Å².